The van der Waals surface area contributed by atoms with Crippen LogP contribution >= 0.6 is 0 Å². The number of piperidine rings is 1. The van der Waals surface area contributed by atoms with Gasteiger partial charge in [0, 0.05) is 24.7 Å². The Morgan fingerprint density at radius 2 is 2.19 bits per heavy atom. The summed E-state index contributed by atoms with van der Waals surface area (Å²) in [6.07, 6.45) is 3.14. The number of rotatable bonds is 5. The van der Waals surface area contributed by atoms with Crippen LogP contribution in [-0.2, 0) is 4.79 Å². The number of amides is 1. The molecule has 1 saturated heterocycles. The maximum Gasteiger partial charge on any atom is 0.260 e. The Hall–Kier alpha value is -1.75. The molecule has 1 aliphatic rings. The maximum atomic E-state index is 12.4. The number of carbonyl (C=O) groups is 1. The Bertz CT molecular complexity index is 476. The summed E-state index contributed by atoms with van der Waals surface area (Å²) in [7, 11) is 1.60. The van der Waals surface area contributed by atoms with Gasteiger partial charge in [0.2, 0.25) is 0 Å². The summed E-state index contributed by atoms with van der Waals surface area (Å²) in [4.78, 5) is 14.2. The Labute approximate surface area is 126 Å². The Morgan fingerprint density at radius 3 is 2.90 bits per heavy atom. The van der Waals surface area contributed by atoms with E-state index in [2.05, 4.69) is 0 Å². The van der Waals surface area contributed by atoms with Crippen molar-refractivity contribution in [1.82, 2.24) is 4.90 Å². The number of benzene rings is 1. The summed E-state index contributed by atoms with van der Waals surface area (Å²) < 4.78 is 10.7. The standard InChI is InChI=1S/C16H24N2O3/c1-12(17)15-8-3-4-9-18(15)16(19)11-21-14-7-5-6-13(10-14)20-2/h5-7,10,12,15H,3-4,8-9,11,17H2,1-2H3/t12-,15-/m1/s1. The number of nitrogens with zero attached hydrogens (tertiary/aromatic N) is 1. The normalized spacial score (nSPS) is 20.0. The van der Waals surface area contributed by atoms with Crippen LogP contribution in [-0.4, -0.2) is 43.2 Å². The SMILES string of the molecule is COc1cccc(OCC(=O)N2CCCC[C@@H]2[C@@H](C)N)c1. The fraction of sp³-hybridized carbons (Fsp3) is 0.562. The first kappa shape index (κ1) is 15.6. The molecule has 0 radical (unpaired) electrons. The fourth-order valence-corrected chi connectivity index (χ4v) is 2.73. The van der Waals surface area contributed by atoms with Crippen molar-refractivity contribution < 1.29 is 14.3 Å². The number of nitrogens with two attached hydrogens (primary N) is 1. The first-order valence-corrected chi connectivity index (χ1v) is 7.43. The summed E-state index contributed by atoms with van der Waals surface area (Å²) in [6.45, 7) is 2.77. The van der Waals surface area contributed by atoms with Crippen molar-refractivity contribution in [3.05, 3.63) is 24.3 Å². The van der Waals surface area contributed by atoms with Gasteiger partial charge >= 0.3 is 0 Å². The van der Waals surface area contributed by atoms with Gasteiger partial charge in [-0.15, -0.1) is 0 Å². The Kier molecular flexibility index (Phi) is 5.44. The van der Waals surface area contributed by atoms with Crippen molar-refractivity contribution >= 4 is 5.91 Å². The van der Waals surface area contributed by atoms with Crippen molar-refractivity contribution in [2.24, 2.45) is 5.73 Å². The van der Waals surface area contributed by atoms with Crippen molar-refractivity contribution in [2.45, 2.75) is 38.3 Å². The highest BCUT2D eigenvalue weighted by Crippen LogP contribution is 2.21. The minimum atomic E-state index is -0.00827. The second-order valence-corrected chi connectivity index (χ2v) is 5.48. The maximum absolute atomic E-state index is 12.4. The summed E-state index contributed by atoms with van der Waals surface area (Å²) in [5.74, 6) is 1.35. The van der Waals surface area contributed by atoms with Crippen LogP contribution in [0.1, 0.15) is 26.2 Å². The van der Waals surface area contributed by atoms with Gasteiger partial charge in [-0.2, -0.15) is 0 Å². The van der Waals surface area contributed by atoms with E-state index >= 15 is 0 Å². The lowest BCUT2D eigenvalue weighted by atomic mass is 9.97. The molecule has 1 aromatic rings. The zero-order chi connectivity index (χ0) is 15.2. The molecule has 0 saturated carbocycles. The summed E-state index contributed by atoms with van der Waals surface area (Å²) in [5, 5.41) is 0. The fourth-order valence-electron chi connectivity index (χ4n) is 2.73. The van der Waals surface area contributed by atoms with Crippen LogP contribution in [0.5, 0.6) is 11.5 Å². The highest BCUT2D eigenvalue weighted by Gasteiger charge is 2.29. The minimum Gasteiger partial charge on any atom is -0.497 e. The second-order valence-electron chi connectivity index (χ2n) is 5.48. The average Bonchev–Trinajstić information content (AvgIpc) is 2.52. The van der Waals surface area contributed by atoms with E-state index in [1.165, 1.54) is 0 Å². The highest BCUT2D eigenvalue weighted by molar-refractivity contribution is 5.78. The van der Waals surface area contributed by atoms with E-state index in [4.69, 9.17) is 15.2 Å². The summed E-state index contributed by atoms with van der Waals surface area (Å²) >= 11 is 0. The highest BCUT2D eigenvalue weighted by atomic mass is 16.5. The van der Waals surface area contributed by atoms with E-state index in [1.54, 1.807) is 13.2 Å². The lowest BCUT2D eigenvalue weighted by Gasteiger charge is -2.38. The molecular formula is C16H24N2O3. The van der Waals surface area contributed by atoms with Gasteiger partial charge in [-0.1, -0.05) is 6.07 Å². The number of hydrogen-bond acceptors (Lipinski definition) is 4. The third-order valence-electron chi connectivity index (χ3n) is 3.88. The zero-order valence-corrected chi connectivity index (χ0v) is 12.7. The average molecular weight is 292 g/mol. The topological polar surface area (TPSA) is 64.8 Å². The van der Waals surface area contributed by atoms with Crippen LogP contribution in [0.3, 0.4) is 0 Å². The van der Waals surface area contributed by atoms with Crippen molar-refractivity contribution in [1.29, 1.82) is 0 Å². The van der Waals surface area contributed by atoms with Crippen LogP contribution in [0.15, 0.2) is 24.3 Å². The molecule has 0 aliphatic carbocycles. The van der Waals surface area contributed by atoms with Crippen LogP contribution in [0, 0.1) is 0 Å². The molecule has 1 amide bonds. The number of ether oxygens (including phenoxy) is 2. The van der Waals surface area contributed by atoms with E-state index in [9.17, 15) is 4.79 Å². The number of methoxy groups -OCH3 is 1. The molecule has 2 rings (SSSR count). The van der Waals surface area contributed by atoms with Gasteiger partial charge < -0.3 is 20.1 Å². The third-order valence-corrected chi connectivity index (χ3v) is 3.88. The van der Waals surface area contributed by atoms with Gasteiger partial charge in [-0.3, -0.25) is 4.79 Å². The van der Waals surface area contributed by atoms with E-state index in [-0.39, 0.29) is 24.6 Å². The molecule has 1 aliphatic heterocycles. The molecule has 1 aromatic carbocycles. The van der Waals surface area contributed by atoms with Gasteiger partial charge in [0.05, 0.1) is 7.11 Å². The molecule has 0 spiro atoms. The van der Waals surface area contributed by atoms with Crippen molar-refractivity contribution in [3.63, 3.8) is 0 Å². The molecule has 0 aromatic heterocycles. The van der Waals surface area contributed by atoms with Crippen LogP contribution in [0.25, 0.3) is 0 Å². The summed E-state index contributed by atoms with van der Waals surface area (Å²) in [5.41, 5.74) is 5.99. The van der Waals surface area contributed by atoms with Gasteiger partial charge in [-0.05, 0) is 38.3 Å². The molecule has 1 fully saturated rings. The van der Waals surface area contributed by atoms with Crippen molar-refractivity contribution in [3.8, 4) is 11.5 Å². The van der Waals surface area contributed by atoms with E-state index in [0.29, 0.717) is 11.5 Å². The second kappa shape index (κ2) is 7.31. The third kappa shape index (κ3) is 4.11. The smallest absolute Gasteiger partial charge is 0.260 e. The lowest BCUT2D eigenvalue weighted by molar-refractivity contribution is -0.137. The molecule has 0 unspecified atom stereocenters. The van der Waals surface area contributed by atoms with Gasteiger partial charge in [0.1, 0.15) is 11.5 Å². The molecule has 2 atom stereocenters. The first-order chi connectivity index (χ1) is 10.1. The minimum absolute atomic E-state index is 0.000167. The number of hydrogen-bond donors (Lipinski definition) is 1. The number of carbonyl (C=O) groups excluding carboxylic acids is 1. The Balaban J connectivity index is 1.93. The first-order valence-electron chi connectivity index (χ1n) is 7.43. The largest absolute Gasteiger partial charge is 0.497 e. The predicted octanol–water partition coefficient (Wildman–Crippen LogP) is 1.80. The van der Waals surface area contributed by atoms with Gasteiger partial charge in [0.15, 0.2) is 6.61 Å². The van der Waals surface area contributed by atoms with Crippen LogP contribution < -0.4 is 15.2 Å². The molecule has 5 nitrogen and oxygen atoms in total. The lowest BCUT2D eigenvalue weighted by Crippen LogP contribution is -2.52. The molecule has 0 bridgehead atoms. The van der Waals surface area contributed by atoms with Crippen LogP contribution in [0.2, 0.25) is 0 Å². The quantitative estimate of drug-likeness (QED) is 0.899. The van der Waals surface area contributed by atoms with Gasteiger partial charge in [-0.25, -0.2) is 0 Å². The number of likely N-dealkylation sites (tertiary alicyclic amines) is 1. The predicted molar refractivity (Wildman–Crippen MR) is 81.5 cm³/mol. The molecule has 1 heterocycles. The van der Waals surface area contributed by atoms with Crippen LogP contribution in [0.4, 0.5) is 0 Å². The van der Waals surface area contributed by atoms with E-state index < -0.39 is 0 Å². The monoisotopic (exact) mass is 292 g/mol. The van der Waals surface area contributed by atoms with Crippen molar-refractivity contribution in [2.75, 3.05) is 20.3 Å². The molecule has 21 heavy (non-hydrogen) atoms. The zero-order valence-electron chi connectivity index (χ0n) is 12.7. The van der Waals surface area contributed by atoms with Gasteiger partial charge in [0.25, 0.3) is 5.91 Å². The summed E-state index contributed by atoms with van der Waals surface area (Å²) in [6, 6.07) is 7.38. The van der Waals surface area contributed by atoms with E-state index in [1.807, 2.05) is 30.0 Å². The Morgan fingerprint density at radius 1 is 1.43 bits per heavy atom. The molecular weight excluding hydrogens is 268 g/mol. The molecule has 2 N–H and O–H groups in total. The van der Waals surface area contributed by atoms with E-state index in [0.717, 1.165) is 25.8 Å². The molecule has 5 heteroatoms. The molecule has 116 valence electrons.